The van der Waals surface area contributed by atoms with E-state index >= 15 is 0 Å². The van der Waals surface area contributed by atoms with Gasteiger partial charge in [-0.3, -0.25) is 14.3 Å². The topological polar surface area (TPSA) is 285 Å². The molecule has 45 heavy (non-hydrogen) atoms. The third-order valence-electron chi connectivity index (χ3n) is 4.81. The number of hydrogen-bond acceptors (Lipinski definition) is 20. The summed E-state index contributed by atoms with van der Waals surface area (Å²) in [5, 5.41) is 41.8. The molecule has 25 heteroatoms. The van der Waals surface area contributed by atoms with Crippen LogP contribution >= 0.6 is 24.4 Å². The van der Waals surface area contributed by atoms with E-state index in [2.05, 4.69) is 39.2 Å². The van der Waals surface area contributed by atoms with Crippen LogP contribution in [0.3, 0.4) is 0 Å². The van der Waals surface area contributed by atoms with Gasteiger partial charge in [0.2, 0.25) is 0 Å². The Morgan fingerprint density at radius 3 is 1.89 bits per heavy atom. The number of nitrogens with zero attached hydrogens (tertiary/aromatic N) is 4. The smallest absolute Gasteiger partial charge is 0.744 e. The molecular weight excluding hydrogens is 713 g/mol. The predicted octanol–water partition coefficient (Wildman–Crippen LogP) is -6.59. The van der Waals surface area contributed by atoms with E-state index in [9.17, 15) is 31.9 Å². The summed E-state index contributed by atoms with van der Waals surface area (Å²) >= 11 is 0.628. The van der Waals surface area contributed by atoms with Crippen LogP contribution in [0.1, 0.15) is 0 Å². The largest absolute Gasteiger partial charge is 1.00 e. The second kappa shape index (κ2) is 21.7. The molecule has 0 bridgehead atoms. The number of sulfone groups is 1. The average Bonchev–Trinajstić information content (AvgIpc) is 2.94. The van der Waals surface area contributed by atoms with Gasteiger partial charge < -0.3 is 26.5 Å². The molecule has 0 atom stereocenters. The maximum Gasteiger partial charge on any atom is 1.00 e. The van der Waals surface area contributed by atoms with Crippen molar-refractivity contribution < 1.29 is 144 Å². The van der Waals surface area contributed by atoms with Gasteiger partial charge in [-0.2, -0.15) is 9.45 Å². The third-order valence-corrected chi connectivity index (χ3v) is 8.33. The molecule has 0 aliphatic carbocycles. The van der Waals surface area contributed by atoms with Gasteiger partial charge in [-0.05, 0) is 54.6 Å². The second-order valence-electron chi connectivity index (χ2n) is 7.51. The van der Waals surface area contributed by atoms with Gasteiger partial charge in [0.1, 0.15) is 27.2 Å². The van der Waals surface area contributed by atoms with Crippen LogP contribution in [0.4, 0.5) is 34.1 Å². The molecule has 3 aromatic rings. The molecule has 0 saturated carbocycles. The summed E-state index contributed by atoms with van der Waals surface area (Å²) in [5.74, 6) is -0.407. The number of benzene rings is 3. The number of rotatable bonds is 15. The molecule has 4 N–H and O–H groups in total. The van der Waals surface area contributed by atoms with E-state index in [1.54, 1.807) is 0 Å². The number of nitrogen functional groups attached to an aromatic ring is 2. The van der Waals surface area contributed by atoms with Crippen LogP contribution in [0.25, 0.3) is 0 Å². The van der Waals surface area contributed by atoms with Gasteiger partial charge in [0, 0.05) is 4.90 Å². The van der Waals surface area contributed by atoms with Crippen molar-refractivity contribution in [1.82, 2.24) is 0 Å². The second-order valence-corrected chi connectivity index (χ2v) is 12.3. The van der Waals surface area contributed by atoms with E-state index < -0.39 is 30.6 Å². The van der Waals surface area contributed by atoms with Crippen molar-refractivity contribution in [2.75, 3.05) is 23.8 Å². The van der Waals surface area contributed by atoms with Crippen LogP contribution in [-0.2, 0) is 42.9 Å². The van der Waals surface area contributed by atoms with Crippen LogP contribution in [0.15, 0.2) is 89.7 Å². The van der Waals surface area contributed by atoms with Crippen LogP contribution in [0.2, 0.25) is 0 Å². The van der Waals surface area contributed by atoms with E-state index in [4.69, 9.17) is 15.7 Å². The maximum atomic E-state index is 12.4. The molecular formula is C20H17N6Na3O12S4. The predicted molar refractivity (Wildman–Crippen MR) is 140 cm³/mol. The summed E-state index contributed by atoms with van der Waals surface area (Å²) in [6, 6.07) is 11.2. The standard InChI is InChI=1S/C20H20N6O12S4.3Na/c21-15-10-16(22)18(25-26-19-9-13(39-37-35-27)3-6-20(19)42(31,32)33)11-17(15)24-23-12-1-4-14(5-2-12)41(29,30)8-7-34-40-38-36-28;;;/h1-6,9-11,27-28H,7-8,21-22H2,(H,31,32,33);;;/q;3*+1/p-3. The van der Waals surface area contributed by atoms with Gasteiger partial charge in [-0.15, -0.1) is 19.7 Å². The Bertz CT molecular complexity index is 1670. The van der Waals surface area contributed by atoms with Crippen LogP contribution < -0.4 is 111 Å². The summed E-state index contributed by atoms with van der Waals surface area (Å²) in [7, 11) is -8.68. The molecule has 0 saturated heterocycles. The number of hydrogen-bond donors (Lipinski definition) is 2. The first-order chi connectivity index (χ1) is 19.9. The molecule has 3 aromatic carbocycles. The van der Waals surface area contributed by atoms with Gasteiger partial charge in [-0.25, -0.2) is 16.8 Å². The number of nitrogens with two attached hydrogens (primary N) is 2. The van der Waals surface area contributed by atoms with Crippen molar-refractivity contribution in [3.63, 3.8) is 0 Å². The molecule has 18 nitrogen and oxygen atoms in total. The first kappa shape index (κ1) is 44.7. The molecule has 0 fully saturated rings. The minimum absolute atomic E-state index is 0. The molecule has 0 radical (unpaired) electrons. The van der Waals surface area contributed by atoms with Crippen LogP contribution in [0, 0.1) is 0 Å². The summed E-state index contributed by atoms with van der Waals surface area (Å²) in [6.45, 7) is -0.281. The van der Waals surface area contributed by atoms with Crippen molar-refractivity contribution in [1.29, 1.82) is 0 Å². The fraction of sp³-hybridized carbons (Fsp3) is 0.100. The van der Waals surface area contributed by atoms with E-state index in [1.807, 2.05) is 0 Å². The van der Waals surface area contributed by atoms with Gasteiger partial charge in [0.05, 0.1) is 51.3 Å². The molecule has 0 unspecified atom stereocenters. The van der Waals surface area contributed by atoms with Crippen molar-refractivity contribution in [2.24, 2.45) is 20.5 Å². The zero-order chi connectivity index (χ0) is 30.8. The summed E-state index contributed by atoms with van der Waals surface area (Å²) in [6.07, 6.45) is 0. The quantitative estimate of drug-likeness (QED) is 0.0215. The van der Waals surface area contributed by atoms with Gasteiger partial charge >= 0.3 is 88.7 Å². The molecule has 0 aromatic heterocycles. The Balaban J connectivity index is 0.00000645. The fourth-order valence-corrected chi connectivity index (χ4v) is 5.33. The van der Waals surface area contributed by atoms with Crippen LogP contribution in [-0.4, -0.2) is 33.7 Å². The summed E-state index contributed by atoms with van der Waals surface area (Å²) in [5.41, 5.74) is 12.0. The van der Waals surface area contributed by atoms with E-state index in [-0.39, 0.29) is 152 Å². The molecule has 0 aliphatic heterocycles. The van der Waals surface area contributed by atoms with Crippen LogP contribution in [0.5, 0.6) is 0 Å². The summed E-state index contributed by atoms with van der Waals surface area (Å²) < 4.78 is 72.4. The first-order valence-corrected chi connectivity index (χ1v) is 15.2. The van der Waals surface area contributed by atoms with E-state index in [1.165, 1.54) is 42.5 Å². The van der Waals surface area contributed by atoms with E-state index in [0.717, 1.165) is 12.1 Å². The Kier molecular flexibility index (Phi) is 21.5. The van der Waals surface area contributed by atoms with Gasteiger partial charge in [-0.1, -0.05) is 0 Å². The third kappa shape index (κ3) is 14.4. The zero-order valence-electron chi connectivity index (χ0n) is 23.6. The van der Waals surface area contributed by atoms with Gasteiger partial charge in [0.15, 0.2) is 22.2 Å². The molecule has 3 rings (SSSR count). The Morgan fingerprint density at radius 1 is 0.733 bits per heavy atom. The number of azo groups is 2. The van der Waals surface area contributed by atoms with Crippen molar-refractivity contribution in [2.45, 2.75) is 14.7 Å². The van der Waals surface area contributed by atoms with Gasteiger partial charge in [0.25, 0.3) is 0 Å². The Morgan fingerprint density at radius 2 is 1.31 bits per heavy atom. The SMILES string of the molecule is Nc1cc(N)c(N=Nc2cc(SOO[O-])ccc2S(=O)(=O)[O-])cc1N=Nc1ccc(S(=O)(=O)CCOSOO[O-])cc1.[Na+].[Na+].[Na+]. The monoisotopic (exact) mass is 730 g/mol. The minimum atomic E-state index is -4.96. The van der Waals surface area contributed by atoms with E-state index in [0.29, 0.717) is 12.0 Å². The average molecular weight is 731 g/mol. The van der Waals surface area contributed by atoms with Crippen molar-refractivity contribution >= 4 is 78.4 Å². The first-order valence-electron chi connectivity index (χ1n) is 10.8. The number of anilines is 2. The zero-order valence-corrected chi connectivity index (χ0v) is 32.9. The normalized spacial score (nSPS) is 11.6. The molecule has 0 amide bonds. The Labute approximate surface area is 331 Å². The Hall–Kier alpha value is -0.260. The summed E-state index contributed by atoms with van der Waals surface area (Å²) in [4.78, 5) is -0.564. The molecule has 226 valence electrons. The minimum Gasteiger partial charge on any atom is -0.744 e. The van der Waals surface area contributed by atoms with Crippen molar-refractivity contribution in [3.8, 4) is 0 Å². The molecule has 0 heterocycles. The molecule has 0 aliphatic rings. The maximum absolute atomic E-state index is 12.4. The molecule has 0 spiro atoms. The fourth-order valence-electron chi connectivity index (χ4n) is 2.94. The van der Waals surface area contributed by atoms with Crippen molar-refractivity contribution in [3.05, 3.63) is 54.6 Å².